The molecule has 2 heterocycles. The van der Waals surface area contributed by atoms with Gasteiger partial charge in [0, 0.05) is 19.2 Å². The Morgan fingerprint density at radius 1 is 1.54 bits per heavy atom. The lowest BCUT2D eigenvalue weighted by atomic mass is 9.82. The van der Waals surface area contributed by atoms with Crippen LogP contribution in [0.3, 0.4) is 0 Å². The maximum Gasteiger partial charge on any atom is 0.307 e. The Kier molecular flexibility index (Phi) is 2.51. The van der Waals surface area contributed by atoms with Crippen LogP contribution in [-0.4, -0.2) is 36.9 Å². The van der Waals surface area contributed by atoms with Crippen LogP contribution >= 0.6 is 0 Å². The van der Waals surface area contributed by atoms with Crippen LogP contribution < -0.4 is 5.32 Å². The zero-order valence-corrected chi connectivity index (χ0v) is 7.53. The maximum absolute atomic E-state index is 10.8. The van der Waals surface area contributed by atoms with Gasteiger partial charge in [0.25, 0.3) is 0 Å². The number of piperidine rings is 1. The quantitative estimate of drug-likeness (QED) is 0.607. The average Bonchev–Trinajstić information content (AvgIpc) is 2.17. The largest absolute Gasteiger partial charge is 0.481 e. The van der Waals surface area contributed by atoms with Gasteiger partial charge in [-0.05, 0) is 18.8 Å². The van der Waals surface area contributed by atoms with Gasteiger partial charge in [-0.1, -0.05) is 0 Å². The van der Waals surface area contributed by atoms with Crippen molar-refractivity contribution in [2.45, 2.75) is 18.9 Å². The molecule has 2 saturated heterocycles. The fourth-order valence-electron chi connectivity index (χ4n) is 2.22. The number of nitrogens with one attached hydrogen (secondary N) is 1. The number of hydrogen-bond donors (Lipinski definition) is 2. The summed E-state index contributed by atoms with van der Waals surface area (Å²) < 4.78 is 5.32. The van der Waals surface area contributed by atoms with E-state index in [0.717, 1.165) is 26.1 Å². The molecule has 0 amide bonds. The van der Waals surface area contributed by atoms with Crippen LogP contribution in [0.15, 0.2) is 0 Å². The fraction of sp³-hybridized carbons (Fsp3) is 0.889. The first-order chi connectivity index (χ1) is 6.27. The molecule has 2 aliphatic heterocycles. The molecule has 0 radical (unpaired) electrons. The van der Waals surface area contributed by atoms with Crippen molar-refractivity contribution >= 4 is 5.97 Å². The number of ether oxygens (including phenoxy) is 1. The molecular weight excluding hydrogens is 170 g/mol. The Labute approximate surface area is 77.3 Å². The molecule has 3 unspecified atom stereocenters. The highest BCUT2D eigenvalue weighted by atomic mass is 16.5. The highest BCUT2D eigenvalue weighted by molar-refractivity contribution is 5.70. The molecule has 2 rings (SSSR count). The van der Waals surface area contributed by atoms with Crippen molar-refractivity contribution in [3.63, 3.8) is 0 Å². The van der Waals surface area contributed by atoms with E-state index in [1.54, 1.807) is 0 Å². The summed E-state index contributed by atoms with van der Waals surface area (Å²) in [7, 11) is 0. The first-order valence-corrected chi connectivity index (χ1v) is 4.81. The van der Waals surface area contributed by atoms with Gasteiger partial charge in [-0.2, -0.15) is 0 Å². The third-order valence-corrected chi connectivity index (χ3v) is 3.06. The smallest absolute Gasteiger partial charge is 0.307 e. The normalized spacial score (nSPS) is 39.5. The Balaban J connectivity index is 1.95. The molecule has 0 aromatic heterocycles. The van der Waals surface area contributed by atoms with Gasteiger partial charge in [0.1, 0.15) is 0 Å². The molecule has 0 bridgehead atoms. The van der Waals surface area contributed by atoms with Crippen LogP contribution in [0.2, 0.25) is 0 Å². The van der Waals surface area contributed by atoms with Crippen LogP contribution in [-0.2, 0) is 9.53 Å². The third-order valence-electron chi connectivity index (χ3n) is 3.06. The van der Waals surface area contributed by atoms with E-state index in [-0.39, 0.29) is 5.92 Å². The molecule has 0 aromatic carbocycles. The minimum atomic E-state index is -0.669. The molecule has 74 valence electrons. The number of aliphatic carboxylic acids is 1. The minimum Gasteiger partial charge on any atom is -0.481 e. The maximum atomic E-state index is 10.8. The molecule has 4 heteroatoms. The van der Waals surface area contributed by atoms with Crippen molar-refractivity contribution in [3.05, 3.63) is 0 Å². The number of carboxylic acids is 1. The van der Waals surface area contributed by atoms with Gasteiger partial charge in [-0.15, -0.1) is 0 Å². The molecule has 2 fully saturated rings. The number of fused-ring (bicyclic) bond motifs is 1. The summed E-state index contributed by atoms with van der Waals surface area (Å²) in [6.45, 7) is 2.13. The van der Waals surface area contributed by atoms with E-state index >= 15 is 0 Å². The summed E-state index contributed by atoms with van der Waals surface area (Å²) in [4.78, 5) is 10.8. The Bertz CT molecular complexity index is 207. The third kappa shape index (κ3) is 1.84. The molecule has 2 aliphatic rings. The SMILES string of the molecule is O=C(O)C1CNC2COCCC2C1. The zero-order valence-electron chi connectivity index (χ0n) is 7.53. The topological polar surface area (TPSA) is 58.6 Å². The van der Waals surface area contributed by atoms with E-state index in [1.165, 1.54) is 0 Å². The van der Waals surface area contributed by atoms with Crippen LogP contribution in [0.25, 0.3) is 0 Å². The summed E-state index contributed by atoms with van der Waals surface area (Å²) >= 11 is 0. The standard InChI is InChI=1S/C9H15NO3/c11-9(12)7-3-6-1-2-13-5-8(6)10-4-7/h6-8,10H,1-5H2,(H,11,12). The van der Waals surface area contributed by atoms with Gasteiger partial charge in [0.05, 0.1) is 12.5 Å². The second kappa shape index (κ2) is 3.64. The highest BCUT2D eigenvalue weighted by Crippen LogP contribution is 2.27. The van der Waals surface area contributed by atoms with Crippen molar-refractivity contribution in [2.75, 3.05) is 19.8 Å². The lowest BCUT2D eigenvalue weighted by molar-refractivity contribution is -0.144. The van der Waals surface area contributed by atoms with E-state index in [9.17, 15) is 4.79 Å². The monoisotopic (exact) mass is 185 g/mol. The number of carbonyl (C=O) groups is 1. The summed E-state index contributed by atoms with van der Waals surface area (Å²) in [6.07, 6.45) is 1.82. The summed E-state index contributed by atoms with van der Waals surface area (Å²) in [5, 5.41) is 12.1. The Hall–Kier alpha value is -0.610. The lowest BCUT2D eigenvalue weighted by Gasteiger charge is -2.38. The number of hydrogen-bond acceptors (Lipinski definition) is 3. The Morgan fingerprint density at radius 3 is 3.15 bits per heavy atom. The lowest BCUT2D eigenvalue weighted by Crippen LogP contribution is -2.52. The zero-order chi connectivity index (χ0) is 9.26. The van der Waals surface area contributed by atoms with Crippen LogP contribution in [0.5, 0.6) is 0 Å². The van der Waals surface area contributed by atoms with Gasteiger partial charge in [0.2, 0.25) is 0 Å². The van der Waals surface area contributed by atoms with E-state index in [1.807, 2.05) is 0 Å². The summed E-state index contributed by atoms with van der Waals surface area (Å²) in [5.41, 5.74) is 0. The van der Waals surface area contributed by atoms with Gasteiger partial charge < -0.3 is 15.2 Å². The van der Waals surface area contributed by atoms with E-state index in [4.69, 9.17) is 9.84 Å². The van der Waals surface area contributed by atoms with Crippen molar-refractivity contribution in [2.24, 2.45) is 11.8 Å². The molecule has 2 N–H and O–H groups in total. The number of carboxylic acid groups (broad SMARTS) is 1. The highest BCUT2D eigenvalue weighted by Gasteiger charge is 2.35. The second-order valence-electron chi connectivity index (χ2n) is 3.91. The van der Waals surface area contributed by atoms with Crippen LogP contribution in [0.4, 0.5) is 0 Å². The summed E-state index contributed by atoms with van der Waals surface area (Å²) in [5.74, 6) is -0.361. The molecule has 4 nitrogen and oxygen atoms in total. The first-order valence-electron chi connectivity index (χ1n) is 4.81. The Morgan fingerprint density at radius 2 is 2.38 bits per heavy atom. The van der Waals surface area contributed by atoms with Crippen molar-refractivity contribution in [1.29, 1.82) is 0 Å². The summed E-state index contributed by atoms with van der Waals surface area (Å²) in [6, 6.07) is 0.393. The molecule has 3 atom stereocenters. The van der Waals surface area contributed by atoms with E-state index in [2.05, 4.69) is 5.32 Å². The molecule has 0 aliphatic carbocycles. The fourth-order valence-corrected chi connectivity index (χ4v) is 2.22. The molecule has 0 saturated carbocycles. The molecule has 0 aromatic rings. The number of rotatable bonds is 1. The van der Waals surface area contributed by atoms with Crippen molar-refractivity contribution < 1.29 is 14.6 Å². The second-order valence-corrected chi connectivity index (χ2v) is 3.91. The van der Waals surface area contributed by atoms with Gasteiger partial charge >= 0.3 is 5.97 Å². The first kappa shape index (κ1) is 8.97. The molecule has 0 spiro atoms. The molecular formula is C9H15NO3. The average molecular weight is 185 g/mol. The van der Waals surface area contributed by atoms with Crippen molar-refractivity contribution in [1.82, 2.24) is 5.32 Å². The molecule has 13 heavy (non-hydrogen) atoms. The van der Waals surface area contributed by atoms with Crippen LogP contribution in [0.1, 0.15) is 12.8 Å². The predicted octanol–water partition coefficient (Wildman–Crippen LogP) is 0.0856. The van der Waals surface area contributed by atoms with Gasteiger partial charge in [0.15, 0.2) is 0 Å². The van der Waals surface area contributed by atoms with Crippen LogP contribution in [0, 0.1) is 11.8 Å². The van der Waals surface area contributed by atoms with Gasteiger partial charge in [-0.25, -0.2) is 0 Å². The predicted molar refractivity (Wildman–Crippen MR) is 46.5 cm³/mol. The van der Waals surface area contributed by atoms with E-state index in [0.29, 0.717) is 18.5 Å². The van der Waals surface area contributed by atoms with Gasteiger partial charge in [-0.3, -0.25) is 4.79 Å². The minimum absolute atomic E-state index is 0.195. The van der Waals surface area contributed by atoms with E-state index < -0.39 is 5.97 Å². The van der Waals surface area contributed by atoms with Crippen molar-refractivity contribution in [3.8, 4) is 0 Å².